The van der Waals surface area contributed by atoms with Crippen LogP contribution in [0, 0.1) is 11.8 Å². The van der Waals surface area contributed by atoms with Crippen LogP contribution >= 0.6 is 0 Å². The van der Waals surface area contributed by atoms with E-state index in [0.717, 1.165) is 12.8 Å². The molecule has 78 valence electrons. The highest BCUT2D eigenvalue weighted by atomic mass is 16.2. The van der Waals surface area contributed by atoms with Crippen molar-refractivity contribution in [3.05, 3.63) is 0 Å². The molecule has 14 heavy (non-hydrogen) atoms. The molecule has 0 radical (unpaired) electrons. The minimum Gasteiger partial charge on any atom is -0.277 e. The second-order valence-corrected chi connectivity index (χ2v) is 3.36. The minimum atomic E-state index is -0.720. The molecule has 1 fully saturated rings. The SMILES string of the molecule is CCC(CC)C1C(=O)NC(=O)NC1=O. The highest BCUT2D eigenvalue weighted by molar-refractivity contribution is 6.16. The van der Waals surface area contributed by atoms with Crippen molar-refractivity contribution in [2.75, 3.05) is 0 Å². The van der Waals surface area contributed by atoms with E-state index in [4.69, 9.17) is 0 Å². The van der Waals surface area contributed by atoms with Crippen LogP contribution in [0.2, 0.25) is 0 Å². The first-order valence-electron chi connectivity index (χ1n) is 4.75. The van der Waals surface area contributed by atoms with Gasteiger partial charge in [0.15, 0.2) is 0 Å². The Morgan fingerprint density at radius 2 is 1.50 bits per heavy atom. The smallest absolute Gasteiger partial charge is 0.277 e. The summed E-state index contributed by atoms with van der Waals surface area (Å²) in [7, 11) is 0. The van der Waals surface area contributed by atoms with E-state index in [1.54, 1.807) is 0 Å². The van der Waals surface area contributed by atoms with Crippen molar-refractivity contribution in [2.45, 2.75) is 26.7 Å². The molecule has 1 saturated heterocycles. The van der Waals surface area contributed by atoms with Crippen LogP contribution in [-0.4, -0.2) is 17.8 Å². The van der Waals surface area contributed by atoms with Gasteiger partial charge in [-0.05, 0) is 5.92 Å². The number of barbiturate groups is 1. The lowest BCUT2D eigenvalue weighted by Gasteiger charge is -2.26. The van der Waals surface area contributed by atoms with Gasteiger partial charge in [-0.1, -0.05) is 26.7 Å². The molecule has 0 aliphatic carbocycles. The van der Waals surface area contributed by atoms with E-state index in [-0.39, 0.29) is 5.92 Å². The number of rotatable bonds is 3. The Bertz CT molecular complexity index is 251. The van der Waals surface area contributed by atoms with E-state index < -0.39 is 23.8 Å². The van der Waals surface area contributed by atoms with Crippen LogP contribution in [0.4, 0.5) is 4.79 Å². The Hall–Kier alpha value is -1.39. The second-order valence-electron chi connectivity index (χ2n) is 3.36. The molecule has 0 saturated carbocycles. The molecule has 0 aromatic heterocycles. The average molecular weight is 198 g/mol. The molecule has 1 heterocycles. The summed E-state index contributed by atoms with van der Waals surface area (Å²) in [6.07, 6.45) is 1.49. The van der Waals surface area contributed by atoms with Gasteiger partial charge in [-0.25, -0.2) is 4.79 Å². The standard InChI is InChI=1S/C9H14N2O3/c1-3-5(4-2)6-7(12)10-9(14)11-8(6)13/h5-6H,3-4H2,1-2H3,(H2,10,11,12,13,14). The van der Waals surface area contributed by atoms with Gasteiger partial charge in [-0.2, -0.15) is 0 Å². The Kier molecular flexibility index (Phi) is 3.22. The summed E-state index contributed by atoms with van der Waals surface area (Å²) in [6.45, 7) is 3.84. The van der Waals surface area contributed by atoms with Gasteiger partial charge in [-0.15, -0.1) is 0 Å². The zero-order chi connectivity index (χ0) is 10.7. The maximum Gasteiger partial charge on any atom is 0.328 e. The van der Waals surface area contributed by atoms with Crippen molar-refractivity contribution >= 4 is 17.8 Å². The molecule has 1 aliphatic rings. The average Bonchev–Trinajstić information content (AvgIpc) is 2.10. The first-order chi connectivity index (χ1) is 6.60. The molecule has 1 aliphatic heterocycles. The molecular formula is C9H14N2O3. The molecule has 1 rings (SSSR count). The van der Waals surface area contributed by atoms with Crippen molar-refractivity contribution < 1.29 is 14.4 Å². The molecule has 5 heteroatoms. The third-order valence-electron chi connectivity index (χ3n) is 2.56. The lowest BCUT2D eigenvalue weighted by atomic mass is 9.85. The van der Waals surface area contributed by atoms with Gasteiger partial charge in [0.05, 0.1) is 0 Å². The molecule has 0 aromatic carbocycles. The quantitative estimate of drug-likeness (QED) is 0.645. The fourth-order valence-electron chi connectivity index (χ4n) is 1.72. The van der Waals surface area contributed by atoms with Crippen LogP contribution in [0.3, 0.4) is 0 Å². The van der Waals surface area contributed by atoms with E-state index in [2.05, 4.69) is 10.6 Å². The van der Waals surface area contributed by atoms with Crippen LogP contribution in [0.15, 0.2) is 0 Å². The highest BCUT2D eigenvalue weighted by Gasteiger charge is 2.38. The molecule has 0 spiro atoms. The molecule has 5 nitrogen and oxygen atoms in total. The molecular weight excluding hydrogens is 184 g/mol. The number of imide groups is 2. The predicted molar refractivity (Wildman–Crippen MR) is 49.2 cm³/mol. The van der Waals surface area contributed by atoms with E-state index in [9.17, 15) is 14.4 Å². The van der Waals surface area contributed by atoms with Gasteiger partial charge in [0, 0.05) is 0 Å². The van der Waals surface area contributed by atoms with Crippen molar-refractivity contribution in [1.29, 1.82) is 0 Å². The van der Waals surface area contributed by atoms with Crippen LogP contribution in [0.25, 0.3) is 0 Å². The summed E-state index contributed by atoms with van der Waals surface area (Å²) in [5, 5.41) is 4.20. The number of hydrogen-bond donors (Lipinski definition) is 2. The topological polar surface area (TPSA) is 75.3 Å². The van der Waals surface area contributed by atoms with Crippen LogP contribution in [-0.2, 0) is 9.59 Å². The van der Waals surface area contributed by atoms with Crippen molar-refractivity contribution in [3.8, 4) is 0 Å². The number of nitrogens with one attached hydrogen (secondary N) is 2. The van der Waals surface area contributed by atoms with Gasteiger partial charge in [0.1, 0.15) is 5.92 Å². The molecule has 4 amide bonds. The van der Waals surface area contributed by atoms with Crippen LogP contribution < -0.4 is 10.6 Å². The number of urea groups is 1. The lowest BCUT2D eigenvalue weighted by molar-refractivity contribution is -0.138. The van der Waals surface area contributed by atoms with Gasteiger partial charge in [0.2, 0.25) is 11.8 Å². The van der Waals surface area contributed by atoms with E-state index in [1.807, 2.05) is 13.8 Å². The maximum atomic E-state index is 11.4. The zero-order valence-electron chi connectivity index (χ0n) is 8.29. The monoisotopic (exact) mass is 198 g/mol. The van der Waals surface area contributed by atoms with E-state index in [1.165, 1.54) is 0 Å². The minimum absolute atomic E-state index is 0.00287. The molecule has 0 aromatic rings. The third-order valence-corrected chi connectivity index (χ3v) is 2.56. The van der Waals surface area contributed by atoms with Gasteiger partial charge < -0.3 is 0 Å². The number of amides is 4. The summed E-state index contributed by atoms with van der Waals surface area (Å²) >= 11 is 0. The fourth-order valence-corrected chi connectivity index (χ4v) is 1.72. The van der Waals surface area contributed by atoms with Crippen LogP contribution in [0.1, 0.15) is 26.7 Å². The largest absolute Gasteiger partial charge is 0.328 e. The predicted octanol–water partition coefficient (Wildman–Crippen LogP) is 0.405. The van der Waals surface area contributed by atoms with Gasteiger partial charge in [-0.3, -0.25) is 20.2 Å². The Morgan fingerprint density at radius 1 is 1.07 bits per heavy atom. The molecule has 2 N–H and O–H groups in total. The second kappa shape index (κ2) is 4.21. The number of carbonyl (C=O) groups excluding carboxylic acids is 3. The summed E-state index contributed by atoms with van der Waals surface area (Å²) in [5.74, 6) is -1.68. The molecule has 0 atom stereocenters. The van der Waals surface area contributed by atoms with Crippen LogP contribution in [0.5, 0.6) is 0 Å². The number of hydrogen-bond acceptors (Lipinski definition) is 3. The van der Waals surface area contributed by atoms with Crippen molar-refractivity contribution in [3.63, 3.8) is 0 Å². The number of carbonyl (C=O) groups is 3. The summed E-state index contributed by atoms with van der Waals surface area (Å²) < 4.78 is 0. The summed E-state index contributed by atoms with van der Waals surface area (Å²) in [5.41, 5.74) is 0. The Labute approximate surface area is 82.2 Å². The normalized spacial score (nSPS) is 18.4. The van der Waals surface area contributed by atoms with E-state index in [0.29, 0.717) is 0 Å². The Balaban J connectivity index is 2.81. The molecule has 0 bridgehead atoms. The maximum absolute atomic E-state index is 11.4. The Morgan fingerprint density at radius 3 is 1.86 bits per heavy atom. The summed E-state index contributed by atoms with van der Waals surface area (Å²) in [6, 6.07) is -0.720. The summed E-state index contributed by atoms with van der Waals surface area (Å²) in [4.78, 5) is 33.5. The van der Waals surface area contributed by atoms with Crippen molar-refractivity contribution in [1.82, 2.24) is 10.6 Å². The van der Waals surface area contributed by atoms with Gasteiger partial charge >= 0.3 is 6.03 Å². The van der Waals surface area contributed by atoms with Gasteiger partial charge in [0.25, 0.3) is 0 Å². The highest BCUT2D eigenvalue weighted by Crippen LogP contribution is 2.21. The van der Waals surface area contributed by atoms with E-state index >= 15 is 0 Å². The fraction of sp³-hybridized carbons (Fsp3) is 0.667. The first kappa shape index (κ1) is 10.7. The third kappa shape index (κ3) is 1.92. The zero-order valence-corrected chi connectivity index (χ0v) is 8.29. The van der Waals surface area contributed by atoms with Crippen molar-refractivity contribution in [2.24, 2.45) is 11.8 Å². The first-order valence-corrected chi connectivity index (χ1v) is 4.75. The molecule has 0 unspecified atom stereocenters. The lowest BCUT2D eigenvalue weighted by Crippen LogP contribution is -2.57.